The van der Waals surface area contributed by atoms with Crippen molar-refractivity contribution in [3.05, 3.63) is 51.8 Å². The van der Waals surface area contributed by atoms with Crippen molar-refractivity contribution >= 4 is 59.9 Å². The van der Waals surface area contributed by atoms with Gasteiger partial charge in [-0.15, -0.1) is 11.3 Å². The van der Waals surface area contributed by atoms with Crippen LogP contribution in [0.2, 0.25) is 0 Å². The first-order chi connectivity index (χ1) is 16.0. The Bertz CT molecular complexity index is 1430. The number of thiophene rings is 1. The molecule has 34 heavy (non-hydrogen) atoms. The average Bonchev–Trinajstić information content (AvgIpc) is 3.42. The van der Waals surface area contributed by atoms with Gasteiger partial charge in [-0.2, -0.15) is 13.5 Å². The molecule has 2 aromatic heterocycles. The van der Waals surface area contributed by atoms with E-state index in [1.165, 1.54) is 0 Å². The van der Waals surface area contributed by atoms with Gasteiger partial charge in [-0.05, 0) is 66.3 Å². The molecule has 2 atom stereocenters. The minimum Gasteiger partial charge on any atom is -0.286 e. The Balaban J connectivity index is 1.54. The zero-order valence-corrected chi connectivity index (χ0v) is 21.9. The van der Waals surface area contributed by atoms with Crippen LogP contribution in [0.3, 0.4) is 0 Å². The minimum atomic E-state index is -4.22. The molecular weight excluding hydrogens is 538 g/mol. The van der Waals surface area contributed by atoms with Crippen molar-refractivity contribution in [1.82, 2.24) is 10.4 Å². The van der Waals surface area contributed by atoms with Crippen LogP contribution in [-0.4, -0.2) is 35.3 Å². The molecule has 0 spiro atoms. The van der Waals surface area contributed by atoms with E-state index in [0.29, 0.717) is 40.7 Å². The van der Waals surface area contributed by atoms with Gasteiger partial charge >= 0.3 is 0 Å². The maximum atomic E-state index is 13.4. The molecule has 2 N–H and O–H groups in total. The number of carbonyl (C=O) groups is 1. The summed E-state index contributed by atoms with van der Waals surface area (Å²) in [6.07, 6.45) is 2.10. The van der Waals surface area contributed by atoms with E-state index in [2.05, 4.69) is 26.5 Å². The van der Waals surface area contributed by atoms with Crippen LogP contribution < -0.4 is 5.43 Å². The second-order valence-electron chi connectivity index (χ2n) is 9.66. The van der Waals surface area contributed by atoms with E-state index in [0.717, 1.165) is 15.8 Å². The summed E-state index contributed by atoms with van der Waals surface area (Å²) >= 11 is 5.01. The lowest BCUT2D eigenvalue weighted by molar-refractivity contribution is 0.0955. The molecule has 2 bridgehead atoms. The monoisotopic (exact) mass is 561 g/mol. The third-order valence-electron chi connectivity index (χ3n) is 7.68. The van der Waals surface area contributed by atoms with Crippen LogP contribution in [-0.2, 0) is 10.1 Å². The van der Waals surface area contributed by atoms with E-state index in [4.69, 9.17) is 4.98 Å². The number of carbonyl (C=O) groups excluding carboxylic acids is 1. The van der Waals surface area contributed by atoms with Gasteiger partial charge in [0.1, 0.15) is 0 Å². The third kappa shape index (κ3) is 3.90. The van der Waals surface area contributed by atoms with Gasteiger partial charge in [0.05, 0.1) is 27.4 Å². The Hall–Kier alpha value is -2.14. The second-order valence-corrected chi connectivity index (χ2v) is 13.0. The molecular formula is C24H24BrN3O4S2. The van der Waals surface area contributed by atoms with E-state index in [9.17, 15) is 17.8 Å². The van der Waals surface area contributed by atoms with Gasteiger partial charge in [0.25, 0.3) is 16.0 Å². The molecule has 2 heterocycles. The second kappa shape index (κ2) is 8.22. The van der Waals surface area contributed by atoms with Crippen LogP contribution in [0.15, 0.2) is 51.4 Å². The normalized spacial score (nSPS) is 24.7. The molecule has 3 aromatic rings. The Kier molecular flexibility index (Phi) is 5.70. The molecule has 1 aromatic carbocycles. The number of pyridine rings is 1. The maximum Gasteiger partial charge on any atom is 0.272 e. The summed E-state index contributed by atoms with van der Waals surface area (Å²) in [4.78, 5) is 19.1. The Morgan fingerprint density at radius 3 is 2.79 bits per heavy atom. The highest BCUT2D eigenvalue weighted by Gasteiger charge is 2.64. The van der Waals surface area contributed by atoms with Crippen molar-refractivity contribution in [3.63, 3.8) is 0 Å². The smallest absolute Gasteiger partial charge is 0.272 e. The van der Waals surface area contributed by atoms with Crippen molar-refractivity contribution < 1.29 is 17.8 Å². The first-order valence-electron chi connectivity index (χ1n) is 11.0. The number of benzene rings is 1. The topological polar surface area (TPSA) is 109 Å². The molecule has 2 aliphatic rings. The van der Waals surface area contributed by atoms with Gasteiger partial charge in [-0.25, -0.2) is 10.4 Å². The zero-order chi connectivity index (χ0) is 24.3. The lowest BCUT2D eigenvalue weighted by atomic mass is 9.70. The fraction of sp³-hybridized carbons (Fsp3) is 0.375. The highest BCUT2D eigenvalue weighted by molar-refractivity contribution is 9.10. The van der Waals surface area contributed by atoms with Crippen LogP contribution in [0, 0.1) is 16.7 Å². The van der Waals surface area contributed by atoms with Gasteiger partial charge < -0.3 is 0 Å². The van der Waals surface area contributed by atoms with Crippen molar-refractivity contribution in [3.8, 4) is 10.6 Å². The molecule has 0 aliphatic heterocycles. The first-order valence-corrected chi connectivity index (χ1v) is 14.3. The van der Waals surface area contributed by atoms with Crippen molar-refractivity contribution in [1.29, 1.82) is 0 Å². The van der Waals surface area contributed by atoms with Crippen LogP contribution >= 0.6 is 27.3 Å². The van der Waals surface area contributed by atoms with E-state index in [1.807, 2.05) is 49.6 Å². The van der Waals surface area contributed by atoms with E-state index in [1.54, 1.807) is 17.4 Å². The van der Waals surface area contributed by atoms with Crippen LogP contribution in [0.4, 0.5) is 0 Å². The molecule has 2 aliphatic carbocycles. The van der Waals surface area contributed by atoms with E-state index < -0.39 is 21.4 Å². The Labute approximate surface area is 210 Å². The van der Waals surface area contributed by atoms with E-state index in [-0.39, 0.29) is 17.1 Å². The SMILES string of the molecule is CC1(C)[C@H]2CC[C@]1(CS(=O)(=O)O)/C(=N\NC(=O)c1cc(-c3cccs3)nc3ccc(Br)cc13)C2. The van der Waals surface area contributed by atoms with Crippen molar-refractivity contribution in [2.24, 2.45) is 21.8 Å². The average molecular weight is 563 g/mol. The summed E-state index contributed by atoms with van der Waals surface area (Å²) in [6, 6.07) is 11.2. The zero-order valence-electron chi connectivity index (χ0n) is 18.7. The number of nitrogens with zero attached hydrogens (tertiary/aromatic N) is 2. The number of nitrogens with one attached hydrogen (secondary N) is 1. The van der Waals surface area contributed by atoms with Gasteiger partial charge in [0.15, 0.2) is 0 Å². The fourth-order valence-corrected chi connectivity index (χ4v) is 8.07. The van der Waals surface area contributed by atoms with Crippen LogP contribution in [0.25, 0.3) is 21.5 Å². The van der Waals surface area contributed by atoms with Gasteiger partial charge in [0.2, 0.25) is 0 Å². The highest BCUT2D eigenvalue weighted by Crippen LogP contribution is 2.64. The number of halogens is 1. The highest BCUT2D eigenvalue weighted by atomic mass is 79.9. The van der Waals surface area contributed by atoms with Crippen molar-refractivity contribution in [2.75, 3.05) is 5.75 Å². The first kappa shape index (κ1) is 23.6. The van der Waals surface area contributed by atoms with Gasteiger partial charge in [0, 0.05) is 21.0 Å². The predicted octanol–water partition coefficient (Wildman–Crippen LogP) is 5.53. The quantitative estimate of drug-likeness (QED) is 0.314. The summed E-state index contributed by atoms with van der Waals surface area (Å²) in [6.45, 7) is 4.06. The lowest BCUT2D eigenvalue weighted by Crippen LogP contribution is -2.43. The van der Waals surface area contributed by atoms with Crippen LogP contribution in [0.5, 0.6) is 0 Å². The molecule has 178 valence electrons. The number of amides is 1. The number of aromatic nitrogens is 1. The Morgan fingerprint density at radius 2 is 2.12 bits per heavy atom. The summed E-state index contributed by atoms with van der Waals surface area (Å²) in [5, 5.41) is 7.11. The standard InChI is InChI=1S/C24H24BrN3O4S2/c1-23(2)14-7-8-24(23,13-34(30,31)32)21(10-14)27-28-22(29)17-12-19(20-4-3-9-33-20)26-18-6-5-15(25)11-16(17)18/h3-6,9,11-12,14H,7-8,10,13H2,1-2H3,(H,28,29)(H,30,31,32)/b27-21-/t14-,24-/m0/s1. The predicted molar refractivity (Wildman–Crippen MR) is 138 cm³/mol. The minimum absolute atomic E-state index is 0.257. The number of hydrogen-bond acceptors (Lipinski definition) is 6. The molecule has 1 amide bonds. The summed E-state index contributed by atoms with van der Waals surface area (Å²) in [7, 11) is -4.22. The third-order valence-corrected chi connectivity index (χ3v) is 9.92. The van der Waals surface area contributed by atoms with Gasteiger partial charge in [-0.1, -0.05) is 35.8 Å². The van der Waals surface area contributed by atoms with Crippen molar-refractivity contribution in [2.45, 2.75) is 33.1 Å². The lowest BCUT2D eigenvalue weighted by Gasteiger charge is -2.37. The number of fused-ring (bicyclic) bond motifs is 3. The molecule has 5 rings (SSSR count). The molecule has 0 saturated heterocycles. The number of rotatable bonds is 5. The van der Waals surface area contributed by atoms with Crippen LogP contribution in [0.1, 0.15) is 43.5 Å². The van der Waals surface area contributed by atoms with E-state index >= 15 is 0 Å². The number of hydrogen-bond donors (Lipinski definition) is 2. The largest absolute Gasteiger partial charge is 0.286 e. The number of hydrazone groups is 1. The summed E-state index contributed by atoms with van der Waals surface area (Å²) < 4.78 is 34.3. The molecule has 0 radical (unpaired) electrons. The Morgan fingerprint density at radius 1 is 1.32 bits per heavy atom. The summed E-state index contributed by atoms with van der Waals surface area (Å²) in [5.41, 5.74) is 4.03. The maximum absolute atomic E-state index is 13.4. The summed E-state index contributed by atoms with van der Waals surface area (Å²) in [5.74, 6) is -0.516. The molecule has 2 fully saturated rings. The molecule has 2 saturated carbocycles. The molecule has 0 unspecified atom stereocenters. The van der Waals surface area contributed by atoms with Gasteiger partial charge in [-0.3, -0.25) is 9.35 Å². The molecule has 7 nitrogen and oxygen atoms in total. The molecule has 10 heteroatoms. The fourth-order valence-electron chi connectivity index (χ4n) is 5.72.